The number of rotatable bonds is 9. The van der Waals surface area contributed by atoms with Crippen molar-refractivity contribution in [2.45, 2.75) is 27.0 Å². The normalized spacial score (nSPS) is 10.9. The first-order chi connectivity index (χ1) is 15.1. The third-order valence-corrected chi connectivity index (χ3v) is 4.42. The molecule has 0 saturated carbocycles. The Balaban J connectivity index is 1.73. The molecule has 0 fully saturated rings. The number of furan rings is 1. The van der Waals surface area contributed by atoms with Gasteiger partial charge in [-0.2, -0.15) is 5.26 Å². The zero-order valence-electron chi connectivity index (χ0n) is 17.6. The number of nitrogens with zero attached hydrogens (tertiary/aromatic N) is 1. The van der Waals surface area contributed by atoms with Gasteiger partial charge in [-0.05, 0) is 55.3 Å². The number of hydrogen-bond acceptors (Lipinski definition) is 5. The van der Waals surface area contributed by atoms with Gasteiger partial charge >= 0.3 is 0 Å². The van der Waals surface area contributed by atoms with E-state index >= 15 is 0 Å². The SMILES string of the molecule is CCOc1cc(/C=C(\C#N)C(=O)NCc2ccco2)ccc1OCc1cccc(C)c1. The van der Waals surface area contributed by atoms with E-state index in [0.29, 0.717) is 36.0 Å². The van der Waals surface area contributed by atoms with E-state index in [-0.39, 0.29) is 12.1 Å². The standard InChI is InChI=1S/C25H24N2O4/c1-3-29-24-14-19(9-10-23(24)31-17-20-7-4-6-18(2)12-20)13-21(15-26)25(28)27-16-22-8-5-11-30-22/h4-14H,3,16-17H2,1-2H3,(H,27,28)/b21-13+. The Hall–Kier alpha value is -3.98. The van der Waals surface area contributed by atoms with Crippen molar-refractivity contribution in [3.63, 3.8) is 0 Å². The van der Waals surface area contributed by atoms with Crippen LogP contribution in [0.5, 0.6) is 11.5 Å². The molecule has 0 radical (unpaired) electrons. The van der Waals surface area contributed by atoms with Crippen molar-refractivity contribution in [2.24, 2.45) is 0 Å². The lowest BCUT2D eigenvalue weighted by Crippen LogP contribution is -2.23. The second-order valence-corrected chi connectivity index (χ2v) is 6.85. The Morgan fingerprint density at radius 2 is 2.00 bits per heavy atom. The highest BCUT2D eigenvalue weighted by Crippen LogP contribution is 2.30. The first kappa shape index (κ1) is 21.7. The second-order valence-electron chi connectivity index (χ2n) is 6.85. The molecule has 1 heterocycles. The fourth-order valence-corrected chi connectivity index (χ4v) is 2.96. The molecular weight excluding hydrogens is 392 g/mol. The molecule has 0 bridgehead atoms. The van der Waals surface area contributed by atoms with Crippen LogP contribution >= 0.6 is 0 Å². The topological polar surface area (TPSA) is 84.5 Å². The lowest BCUT2D eigenvalue weighted by atomic mass is 10.1. The van der Waals surface area contributed by atoms with Gasteiger partial charge in [-0.3, -0.25) is 4.79 Å². The largest absolute Gasteiger partial charge is 0.490 e. The van der Waals surface area contributed by atoms with E-state index in [4.69, 9.17) is 13.9 Å². The predicted molar refractivity (Wildman–Crippen MR) is 117 cm³/mol. The number of amides is 1. The lowest BCUT2D eigenvalue weighted by Gasteiger charge is -2.13. The monoisotopic (exact) mass is 416 g/mol. The second kappa shape index (κ2) is 10.7. The summed E-state index contributed by atoms with van der Waals surface area (Å²) in [5.74, 6) is 1.29. The number of nitrogens with one attached hydrogen (secondary N) is 1. The van der Waals surface area contributed by atoms with Crippen molar-refractivity contribution in [3.05, 3.63) is 88.9 Å². The molecule has 158 valence electrons. The van der Waals surface area contributed by atoms with Crippen LogP contribution in [0.1, 0.15) is 29.4 Å². The molecule has 3 rings (SSSR count). The van der Waals surface area contributed by atoms with Crippen LogP contribution in [0.25, 0.3) is 6.08 Å². The summed E-state index contributed by atoms with van der Waals surface area (Å²) < 4.78 is 16.8. The van der Waals surface area contributed by atoms with Gasteiger partial charge in [-0.25, -0.2) is 0 Å². The van der Waals surface area contributed by atoms with E-state index in [1.165, 1.54) is 17.9 Å². The van der Waals surface area contributed by atoms with Crippen molar-refractivity contribution in [2.75, 3.05) is 6.61 Å². The molecule has 0 aliphatic heterocycles. The summed E-state index contributed by atoms with van der Waals surface area (Å²) in [6, 6.07) is 18.9. The van der Waals surface area contributed by atoms with Gasteiger partial charge < -0.3 is 19.2 Å². The fourth-order valence-electron chi connectivity index (χ4n) is 2.96. The van der Waals surface area contributed by atoms with E-state index in [1.54, 1.807) is 30.3 Å². The van der Waals surface area contributed by atoms with Gasteiger partial charge in [-0.15, -0.1) is 0 Å². The number of ether oxygens (including phenoxy) is 2. The molecule has 1 amide bonds. The number of carbonyl (C=O) groups excluding carboxylic acids is 1. The highest BCUT2D eigenvalue weighted by molar-refractivity contribution is 6.01. The molecule has 3 aromatic rings. The molecule has 1 aromatic heterocycles. The molecule has 0 aliphatic carbocycles. The zero-order chi connectivity index (χ0) is 22.1. The molecule has 2 aromatic carbocycles. The Labute approximate surface area is 181 Å². The Bertz CT molecular complexity index is 1090. The van der Waals surface area contributed by atoms with E-state index in [2.05, 4.69) is 11.4 Å². The Morgan fingerprint density at radius 1 is 1.13 bits per heavy atom. The van der Waals surface area contributed by atoms with Crippen molar-refractivity contribution in [3.8, 4) is 17.6 Å². The van der Waals surface area contributed by atoms with Crippen LogP contribution in [0.3, 0.4) is 0 Å². The highest BCUT2D eigenvalue weighted by atomic mass is 16.5. The molecule has 0 spiro atoms. The van der Waals surface area contributed by atoms with Crippen LogP contribution in [-0.4, -0.2) is 12.5 Å². The molecule has 0 atom stereocenters. The number of aryl methyl sites for hydroxylation is 1. The van der Waals surface area contributed by atoms with E-state index < -0.39 is 5.91 Å². The maximum atomic E-state index is 12.3. The van der Waals surface area contributed by atoms with Gasteiger partial charge in [0.25, 0.3) is 5.91 Å². The highest BCUT2D eigenvalue weighted by Gasteiger charge is 2.12. The average molecular weight is 416 g/mol. The minimum absolute atomic E-state index is 0.0116. The number of hydrogen-bond donors (Lipinski definition) is 1. The quantitative estimate of drug-likeness (QED) is 0.400. The van der Waals surface area contributed by atoms with Gasteiger partial charge in [0.05, 0.1) is 19.4 Å². The average Bonchev–Trinajstić information content (AvgIpc) is 3.29. The summed E-state index contributed by atoms with van der Waals surface area (Å²) in [6.07, 6.45) is 3.05. The smallest absolute Gasteiger partial charge is 0.262 e. The molecular formula is C25H24N2O4. The van der Waals surface area contributed by atoms with Gasteiger partial charge in [0, 0.05) is 0 Å². The minimum atomic E-state index is -0.475. The van der Waals surface area contributed by atoms with Gasteiger partial charge in [0.1, 0.15) is 24.0 Å². The molecule has 0 aliphatic rings. The molecule has 6 nitrogen and oxygen atoms in total. The third-order valence-electron chi connectivity index (χ3n) is 4.42. The summed E-state index contributed by atoms with van der Waals surface area (Å²) >= 11 is 0. The van der Waals surface area contributed by atoms with Crippen molar-refractivity contribution < 1.29 is 18.7 Å². The van der Waals surface area contributed by atoms with Crippen molar-refractivity contribution in [1.29, 1.82) is 5.26 Å². The summed E-state index contributed by atoms with van der Waals surface area (Å²) in [7, 11) is 0. The maximum Gasteiger partial charge on any atom is 0.262 e. The Kier molecular flexibility index (Phi) is 7.50. The van der Waals surface area contributed by atoms with Crippen LogP contribution in [0.2, 0.25) is 0 Å². The van der Waals surface area contributed by atoms with E-state index in [0.717, 1.165) is 5.56 Å². The first-order valence-electron chi connectivity index (χ1n) is 9.96. The molecule has 31 heavy (non-hydrogen) atoms. The minimum Gasteiger partial charge on any atom is -0.490 e. The predicted octanol–water partition coefficient (Wildman–Crippen LogP) is 4.79. The number of carbonyl (C=O) groups is 1. The van der Waals surface area contributed by atoms with Gasteiger partial charge in [0.2, 0.25) is 0 Å². The van der Waals surface area contributed by atoms with Gasteiger partial charge in [0.15, 0.2) is 11.5 Å². The maximum absolute atomic E-state index is 12.3. The molecule has 1 N–H and O–H groups in total. The zero-order valence-corrected chi connectivity index (χ0v) is 17.6. The van der Waals surface area contributed by atoms with Crippen molar-refractivity contribution in [1.82, 2.24) is 5.32 Å². The lowest BCUT2D eigenvalue weighted by molar-refractivity contribution is -0.117. The van der Waals surface area contributed by atoms with E-state index in [9.17, 15) is 10.1 Å². The first-order valence-corrected chi connectivity index (χ1v) is 9.96. The summed E-state index contributed by atoms with van der Waals surface area (Å²) in [4.78, 5) is 12.3. The summed E-state index contributed by atoms with van der Waals surface area (Å²) in [5, 5.41) is 12.1. The summed E-state index contributed by atoms with van der Waals surface area (Å²) in [5.41, 5.74) is 2.88. The molecule has 0 saturated heterocycles. The van der Waals surface area contributed by atoms with Crippen LogP contribution in [-0.2, 0) is 17.9 Å². The van der Waals surface area contributed by atoms with Gasteiger partial charge in [-0.1, -0.05) is 35.9 Å². The van der Waals surface area contributed by atoms with Crippen LogP contribution in [0.4, 0.5) is 0 Å². The molecule has 6 heteroatoms. The van der Waals surface area contributed by atoms with Crippen LogP contribution in [0, 0.1) is 18.3 Å². The molecule has 0 unspecified atom stereocenters. The summed E-state index contributed by atoms with van der Waals surface area (Å²) in [6.45, 7) is 5.00. The third kappa shape index (κ3) is 6.25. The van der Waals surface area contributed by atoms with Crippen LogP contribution < -0.4 is 14.8 Å². The number of nitriles is 1. The Morgan fingerprint density at radius 3 is 2.71 bits per heavy atom. The number of benzene rings is 2. The fraction of sp³-hybridized carbons (Fsp3) is 0.200. The van der Waals surface area contributed by atoms with Crippen molar-refractivity contribution >= 4 is 12.0 Å². The van der Waals surface area contributed by atoms with E-state index in [1.807, 2.05) is 38.1 Å². The van der Waals surface area contributed by atoms with Crippen LogP contribution in [0.15, 0.2) is 70.9 Å².